The topological polar surface area (TPSA) is 30.8 Å². The first-order valence-electron chi connectivity index (χ1n) is 10.7. The fourth-order valence-electron chi connectivity index (χ4n) is 3.82. The van der Waals surface area contributed by atoms with Crippen LogP contribution in [0.5, 0.6) is 5.75 Å². The van der Waals surface area contributed by atoms with E-state index >= 15 is 0 Å². The van der Waals surface area contributed by atoms with Crippen molar-refractivity contribution in [2.24, 2.45) is 4.99 Å². The lowest BCUT2D eigenvalue weighted by Gasteiger charge is -2.32. The minimum absolute atomic E-state index is 0.0687. The Morgan fingerprint density at radius 1 is 0.968 bits per heavy atom. The minimum atomic E-state index is -0.0687. The highest BCUT2D eigenvalue weighted by molar-refractivity contribution is 7.49. The fourth-order valence-corrected chi connectivity index (χ4v) is 5.51. The van der Waals surface area contributed by atoms with Crippen molar-refractivity contribution in [2.45, 2.75) is 32.3 Å². The van der Waals surface area contributed by atoms with Crippen molar-refractivity contribution < 1.29 is 9.47 Å². The Balaban J connectivity index is 2.08. The van der Waals surface area contributed by atoms with Gasteiger partial charge in [0, 0.05) is 36.0 Å². The molecule has 2 unspecified atom stereocenters. The van der Waals surface area contributed by atoms with Gasteiger partial charge in [-0.25, -0.2) is 0 Å². The Kier molecular flexibility index (Phi) is 8.01. The summed E-state index contributed by atoms with van der Waals surface area (Å²) in [6, 6.07) is 25.3. The summed E-state index contributed by atoms with van der Waals surface area (Å²) in [6.07, 6.45) is 0.997. The molecule has 0 bridgehead atoms. The molecule has 3 nitrogen and oxygen atoms in total. The minimum Gasteiger partial charge on any atom is -0.467 e. The van der Waals surface area contributed by atoms with Gasteiger partial charge in [-0.05, 0) is 30.3 Å². The number of hydrogen-bond acceptors (Lipinski definition) is 3. The molecule has 3 aromatic carbocycles. The summed E-state index contributed by atoms with van der Waals surface area (Å²) in [5, 5.41) is 1.29. The average Bonchev–Trinajstić information content (AvgIpc) is 2.81. The summed E-state index contributed by atoms with van der Waals surface area (Å²) in [6.45, 7) is 7.04. The van der Waals surface area contributed by atoms with E-state index in [9.17, 15) is 0 Å². The molecule has 0 saturated heterocycles. The van der Waals surface area contributed by atoms with Crippen LogP contribution in [-0.4, -0.2) is 26.7 Å². The van der Waals surface area contributed by atoms with Gasteiger partial charge >= 0.3 is 0 Å². The third kappa shape index (κ3) is 5.23. The lowest BCUT2D eigenvalue weighted by Crippen LogP contribution is -2.24. The lowest BCUT2D eigenvalue weighted by atomic mass is 9.96. The number of aliphatic imine (C=N–C) groups is 1. The molecule has 3 aromatic rings. The van der Waals surface area contributed by atoms with Gasteiger partial charge in [0.2, 0.25) is 0 Å². The van der Waals surface area contributed by atoms with Crippen molar-refractivity contribution in [3.8, 4) is 5.75 Å². The molecule has 0 aliphatic heterocycles. The summed E-state index contributed by atoms with van der Waals surface area (Å²) in [5.74, 6) is 0.892. The van der Waals surface area contributed by atoms with E-state index in [0.29, 0.717) is 8.58 Å². The molecular formula is C27H32NO2P. The van der Waals surface area contributed by atoms with Crippen LogP contribution in [0, 0.1) is 6.92 Å². The molecule has 31 heavy (non-hydrogen) atoms. The second-order valence-electron chi connectivity index (χ2n) is 7.79. The number of para-hydroxylation sites is 1. The van der Waals surface area contributed by atoms with E-state index in [-0.39, 0.29) is 11.9 Å². The van der Waals surface area contributed by atoms with Crippen LogP contribution in [0.25, 0.3) is 0 Å². The lowest BCUT2D eigenvalue weighted by molar-refractivity contribution is 0.0500. The monoisotopic (exact) mass is 433 g/mol. The van der Waals surface area contributed by atoms with Crippen LogP contribution < -0.4 is 10.0 Å². The number of aryl methyl sites for hydroxylation is 1. The zero-order chi connectivity index (χ0) is 22.3. The Morgan fingerprint density at radius 2 is 1.68 bits per heavy atom. The van der Waals surface area contributed by atoms with E-state index in [0.717, 1.165) is 23.4 Å². The average molecular weight is 434 g/mol. The molecule has 0 spiro atoms. The quantitative estimate of drug-likeness (QED) is 0.233. The maximum absolute atomic E-state index is 5.93. The molecule has 162 valence electrons. The van der Waals surface area contributed by atoms with Crippen LogP contribution in [0.1, 0.15) is 42.5 Å². The zero-order valence-corrected chi connectivity index (χ0v) is 20.1. The number of nitrogens with zero attached hydrogens (tertiary/aromatic N) is 1. The van der Waals surface area contributed by atoms with Crippen molar-refractivity contribution in [3.05, 3.63) is 95.1 Å². The van der Waals surface area contributed by atoms with Gasteiger partial charge in [0.1, 0.15) is 5.75 Å². The van der Waals surface area contributed by atoms with Gasteiger partial charge in [-0.1, -0.05) is 89.2 Å². The van der Waals surface area contributed by atoms with Gasteiger partial charge in [-0.15, -0.1) is 0 Å². The molecule has 0 heterocycles. The number of rotatable bonds is 9. The number of methoxy groups -OCH3 is 1. The van der Waals surface area contributed by atoms with Crippen molar-refractivity contribution in [1.82, 2.24) is 0 Å². The maximum atomic E-state index is 5.93. The molecule has 0 aromatic heterocycles. The van der Waals surface area contributed by atoms with Gasteiger partial charge in [-0.2, -0.15) is 0 Å². The Labute approximate surface area is 188 Å². The predicted octanol–water partition coefficient (Wildman–Crippen LogP) is 6.07. The van der Waals surface area contributed by atoms with E-state index in [1.807, 2.05) is 25.2 Å². The van der Waals surface area contributed by atoms with E-state index in [2.05, 4.69) is 75.4 Å². The Bertz CT molecular complexity index is 1030. The van der Waals surface area contributed by atoms with E-state index in [4.69, 9.17) is 14.5 Å². The second-order valence-corrected chi connectivity index (χ2v) is 9.65. The molecule has 0 aliphatic carbocycles. The van der Waals surface area contributed by atoms with E-state index in [1.165, 1.54) is 22.0 Å². The Hall–Kier alpha value is -2.48. The first-order chi connectivity index (χ1) is 15.0. The van der Waals surface area contributed by atoms with Gasteiger partial charge in [0.15, 0.2) is 6.79 Å². The van der Waals surface area contributed by atoms with Gasteiger partial charge in [0.05, 0.1) is 5.71 Å². The van der Waals surface area contributed by atoms with Crippen LogP contribution in [0.2, 0.25) is 0 Å². The van der Waals surface area contributed by atoms with Gasteiger partial charge < -0.3 is 9.47 Å². The van der Waals surface area contributed by atoms with Crippen molar-refractivity contribution in [1.29, 1.82) is 0 Å². The van der Waals surface area contributed by atoms with Crippen molar-refractivity contribution in [3.63, 3.8) is 0 Å². The van der Waals surface area contributed by atoms with E-state index in [1.54, 1.807) is 7.11 Å². The molecule has 0 N–H and O–H groups in total. The highest BCUT2D eigenvalue weighted by atomic mass is 31.1. The number of benzene rings is 3. The second kappa shape index (κ2) is 10.7. The van der Waals surface area contributed by atoms with Gasteiger partial charge in [0.25, 0.3) is 0 Å². The molecule has 0 fully saturated rings. The molecule has 0 amide bonds. The largest absolute Gasteiger partial charge is 0.467 e. The number of hydrogen-bond donors (Lipinski definition) is 0. The number of ether oxygens (including phenoxy) is 2. The Morgan fingerprint density at radius 3 is 2.35 bits per heavy atom. The molecule has 0 saturated carbocycles. The maximum Gasteiger partial charge on any atom is 0.188 e. The van der Waals surface area contributed by atoms with Crippen LogP contribution >= 0.6 is 8.58 Å². The van der Waals surface area contributed by atoms with Crippen molar-refractivity contribution >= 4 is 19.6 Å². The van der Waals surface area contributed by atoms with Crippen LogP contribution in [0.3, 0.4) is 0 Å². The fraction of sp³-hybridized carbons (Fsp3) is 0.296. The third-order valence-corrected chi connectivity index (χ3v) is 7.81. The van der Waals surface area contributed by atoms with Crippen LogP contribution in [-0.2, 0) is 9.89 Å². The molecule has 2 atom stereocenters. The third-order valence-electron chi connectivity index (χ3n) is 5.72. The summed E-state index contributed by atoms with van der Waals surface area (Å²) in [5.41, 5.74) is 5.90. The highest BCUT2D eigenvalue weighted by Gasteiger charge is 2.30. The standard InChI is InChI=1S/C27H32NO2P/c1-6-27(3,23-17-10-11-18-24(23)30-19-29-5)31-26-20(2)13-12-16-22(26)25(28-4)21-14-8-7-9-15-21/h7-18,31H,6,19H2,1-5H3. The smallest absolute Gasteiger partial charge is 0.188 e. The highest BCUT2D eigenvalue weighted by Crippen LogP contribution is 2.48. The normalized spacial score (nSPS) is 14.0. The molecular weight excluding hydrogens is 401 g/mol. The van der Waals surface area contributed by atoms with E-state index < -0.39 is 0 Å². The summed E-state index contributed by atoms with van der Waals surface area (Å²) >= 11 is 0. The van der Waals surface area contributed by atoms with Crippen molar-refractivity contribution in [2.75, 3.05) is 21.0 Å². The summed E-state index contributed by atoms with van der Waals surface area (Å²) < 4.78 is 11.1. The zero-order valence-electron chi connectivity index (χ0n) is 19.1. The predicted molar refractivity (Wildman–Crippen MR) is 134 cm³/mol. The summed E-state index contributed by atoms with van der Waals surface area (Å²) in [7, 11) is 4.09. The molecule has 0 aliphatic rings. The van der Waals surface area contributed by atoms with Crippen LogP contribution in [0.4, 0.5) is 0 Å². The SMILES string of the molecule is CCC(C)(Pc1c(C)cccc1C(=NC)c1ccccc1)c1ccccc1OCOC. The molecule has 3 rings (SSSR count). The van der Waals surface area contributed by atoms with Gasteiger partial charge in [-0.3, -0.25) is 4.99 Å². The first-order valence-corrected chi connectivity index (χ1v) is 11.7. The molecule has 0 radical (unpaired) electrons. The molecule has 4 heteroatoms. The first kappa shape index (κ1) is 23.2. The van der Waals surface area contributed by atoms with Crippen LogP contribution in [0.15, 0.2) is 77.8 Å². The summed E-state index contributed by atoms with van der Waals surface area (Å²) in [4.78, 5) is 4.70.